The zero-order valence-corrected chi connectivity index (χ0v) is 14.5. The Morgan fingerprint density at radius 2 is 1.75 bits per heavy atom. The van der Waals surface area contributed by atoms with Crippen LogP contribution < -0.4 is 5.32 Å². The van der Waals surface area contributed by atoms with Gasteiger partial charge in [-0.3, -0.25) is 0 Å². The van der Waals surface area contributed by atoms with Crippen molar-refractivity contribution in [3.8, 4) is 0 Å². The molecule has 0 aliphatic heterocycles. The van der Waals surface area contributed by atoms with Gasteiger partial charge in [0, 0.05) is 19.2 Å². The Bertz CT molecular complexity index is 242. The first-order valence-corrected chi connectivity index (χ1v) is 8.86. The molecule has 2 nitrogen and oxygen atoms in total. The third-order valence-corrected chi connectivity index (χ3v) is 4.87. The van der Waals surface area contributed by atoms with Gasteiger partial charge in [0.05, 0.1) is 5.60 Å². The first-order valence-electron chi connectivity index (χ1n) is 8.86. The number of ether oxygens (including phenoxy) is 1. The van der Waals surface area contributed by atoms with Gasteiger partial charge in [-0.1, -0.05) is 47.5 Å². The summed E-state index contributed by atoms with van der Waals surface area (Å²) in [6.07, 6.45) is 8.94. The van der Waals surface area contributed by atoms with Crippen molar-refractivity contribution >= 4 is 0 Å². The van der Waals surface area contributed by atoms with Crippen LogP contribution in [0.25, 0.3) is 0 Å². The smallest absolute Gasteiger partial charge is 0.0806 e. The molecule has 1 aliphatic carbocycles. The minimum absolute atomic E-state index is 0.114. The third-order valence-electron chi connectivity index (χ3n) is 4.87. The Labute approximate surface area is 127 Å². The summed E-state index contributed by atoms with van der Waals surface area (Å²) in [5.41, 5.74) is 0.114. The van der Waals surface area contributed by atoms with E-state index in [0.717, 1.165) is 25.0 Å². The van der Waals surface area contributed by atoms with Crippen LogP contribution in [0.3, 0.4) is 0 Å². The van der Waals surface area contributed by atoms with Crippen LogP contribution in [-0.4, -0.2) is 24.8 Å². The first kappa shape index (κ1) is 18.0. The van der Waals surface area contributed by atoms with Crippen LogP contribution in [0.15, 0.2) is 0 Å². The molecule has 120 valence electrons. The second-order valence-electron chi connectivity index (χ2n) is 7.36. The molecule has 20 heavy (non-hydrogen) atoms. The Balaban J connectivity index is 2.48. The lowest BCUT2D eigenvalue weighted by molar-refractivity contribution is -0.0813. The fraction of sp³-hybridized carbons (Fsp3) is 1.00. The van der Waals surface area contributed by atoms with Gasteiger partial charge in [-0.15, -0.1) is 0 Å². The summed E-state index contributed by atoms with van der Waals surface area (Å²) in [5.74, 6) is 1.73. The normalized spacial score (nSPS) is 27.4. The maximum Gasteiger partial charge on any atom is 0.0806 e. The van der Waals surface area contributed by atoms with Crippen molar-refractivity contribution in [1.82, 2.24) is 5.32 Å². The monoisotopic (exact) mass is 283 g/mol. The molecule has 1 fully saturated rings. The van der Waals surface area contributed by atoms with E-state index >= 15 is 0 Å². The van der Waals surface area contributed by atoms with Crippen molar-refractivity contribution in [2.45, 2.75) is 91.2 Å². The lowest BCUT2D eigenvalue weighted by atomic mass is 9.74. The molecule has 0 spiro atoms. The Morgan fingerprint density at radius 1 is 1.10 bits per heavy atom. The van der Waals surface area contributed by atoms with Crippen molar-refractivity contribution in [3.63, 3.8) is 0 Å². The highest BCUT2D eigenvalue weighted by Gasteiger charge is 2.36. The lowest BCUT2D eigenvalue weighted by Crippen LogP contribution is -2.48. The predicted molar refractivity (Wildman–Crippen MR) is 88.1 cm³/mol. The van der Waals surface area contributed by atoms with Crippen molar-refractivity contribution < 1.29 is 4.74 Å². The van der Waals surface area contributed by atoms with Gasteiger partial charge in [0.1, 0.15) is 0 Å². The van der Waals surface area contributed by atoms with Crippen molar-refractivity contribution in [2.24, 2.45) is 11.8 Å². The van der Waals surface area contributed by atoms with E-state index in [4.69, 9.17) is 4.74 Å². The van der Waals surface area contributed by atoms with Gasteiger partial charge in [-0.2, -0.15) is 0 Å². The molecule has 0 aromatic heterocycles. The van der Waals surface area contributed by atoms with Crippen molar-refractivity contribution in [3.05, 3.63) is 0 Å². The average Bonchev–Trinajstić information content (AvgIpc) is 2.42. The van der Waals surface area contributed by atoms with Crippen molar-refractivity contribution in [2.75, 3.05) is 13.2 Å². The predicted octanol–water partition coefficient (Wildman–Crippen LogP) is 4.78. The highest BCUT2D eigenvalue weighted by Crippen LogP contribution is 2.38. The fourth-order valence-electron chi connectivity index (χ4n) is 3.24. The number of rotatable bonds is 9. The Hall–Kier alpha value is -0.0800. The van der Waals surface area contributed by atoms with E-state index in [9.17, 15) is 0 Å². The molecule has 0 unspecified atom stereocenters. The zero-order valence-electron chi connectivity index (χ0n) is 14.5. The van der Waals surface area contributed by atoms with Crippen LogP contribution in [0, 0.1) is 11.8 Å². The van der Waals surface area contributed by atoms with Crippen LogP contribution in [-0.2, 0) is 4.74 Å². The van der Waals surface area contributed by atoms with E-state index in [0.29, 0.717) is 6.04 Å². The minimum Gasteiger partial charge on any atom is -0.374 e. The van der Waals surface area contributed by atoms with Crippen LogP contribution in [0.2, 0.25) is 0 Å². The topological polar surface area (TPSA) is 21.3 Å². The molecule has 0 radical (unpaired) electrons. The van der Waals surface area contributed by atoms with Crippen LogP contribution in [0.1, 0.15) is 79.6 Å². The number of nitrogens with one attached hydrogen (secondary N) is 1. The van der Waals surface area contributed by atoms with Crippen LogP contribution in [0.4, 0.5) is 0 Å². The molecule has 0 heterocycles. The summed E-state index contributed by atoms with van der Waals surface area (Å²) in [7, 11) is 0. The molecular weight excluding hydrogens is 246 g/mol. The van der Waals surface area contributed by atoms with Gasteiger partial charge in [-0.05, 0) is 43.9 Å². The molecule has 0 bridgehead atoms. The van der Waals surface area contributed by atoms with Gasteiger partial charge < -0.3 is 10.1 Å². The molecule has 0 saturated heterocycles. The number of unbranched alkanes of at least 4 members (excludes halogenated alkanes) is 2. The summed E-state index contributed by atoms with van der Waals surface area (Å²) in [6, 6.07) is 0.550. The molecule has 1 aliphatic rings. The molecule has 2 heteroatoms. The lowest BCUT2D eigenvalue weighted by Gasteiger charge is -2.42. The summed E-state index contributed by atoms with van der Waals surface area (Å²) in [6.45, 7) is 13.4. The molecule has 0 aromatic rings. The fourth-order valence-corrected chi connectivity index (χ4v) is 3.24. The number of hydrogen-bond acceptors (Lipinski definition) is 2. The molecule has 1 N–H and O–H groups in total. The zero-order chi connectivity index (χ0) is 15.0. The van der Waals surface area contributed by atoms with E-state index in [1.54, 1.807) is 0 Å². The summed E-state index contributed by atoms with van der Waals surface area (Å²) in [4.78, 5) is 0. The van der Waals surface area contributed by atoms with E-state index in [2.05, 4.69) is 39.9 Å². The molecule has 0 amide bonds. The first-order chi connectivity index (χ1) is 9.49. The molecular formula is C18H37NO. The molecule has 1 rings (SSSR count). The van der Waals surface area contributed by atoms with Gasteiger partial charge in [-0.25, -0.2) is 0 Å². The minimum atomic E-state index is 0.114. The second-order valence-corrected chi connectivity index (χ2v) is 7.36. The van der Waals surface area contributed by atoms with E-state index in [1.165, 1.54) is 44.9 Å². The summed E-state index contributed by atoms with van der Waals surface area (Å²) >= 11 is 0. The average molecular weight is 284 g/mol. The Kier molecular flexibility index (Phi) is 8.13. The molecule has 0 atom stereocenters. The van der Waals surface area contributed by atoms with Gasteiger partial charge >= 0.3 is 0 Å². The third kappa shape index (κ3) is 6.13. The summed E-state index contributed by atoms with van der Waals surface area (Å²) < 4.78 is 6.39. The molecule has 0 aromatic carbocycles. The standard InChI is InChI=1S/C18H37NO/c1-6-7-8-13-20-18(14-19-16(4)5)11-9-17(10-12-18)15(2)3/h15-17,19H,6-14H2,1-5H3. The largest absolute Gasteiger partial charge is 0.374 e. The Morgan fingerprint density at radius 3 is 2.25 bits per heavy atom. The maximum atomic E-state index is 6.39. The number of hydrogen-bond donors (Lipinski definition) is 1. The van der Waals surface area contributed by atoms with E-state index < -0.39 is 0 Å². The summed E-state index contributed by atoms with van der Waals surface area (Å²) in [5, 5.41) is 3.62. The highest BCUT2D eigenvalue weighted by atomic mass is 16.5. The van der Waals surface area contributed by atoms with Gasteiger partial charge in [0.15, 0.2) is 0 Å². The van der Waals surface area contributed by atoms with Crippen molar-refractivity contribution in [1.29, 1.82) is 0 Å². The maximum absolute atomic E-state index is 6.39. The molecule has 1 saturated carbocycles. The van der Waals surface area contributed by atoms with Gasteiger partial charge in [0.2, 0.25) is 0 Å². The van der Waals surface area contributed by atoms with Crippen LogP contribution in [0.5, 0.6) is 0 Å². The van der Waals surface area contributed by atoms with Gasteiger partial charge in [0.25, 0.3) is 0 Å². The van der Waals surface area contributed by atoms with Crippen LogP contribution >= 0.6 is 0 Å². The van der Waals surface area contributed by atoms with E-state index in [-0.39, 0.29) is 5.60 Å². The quantitative estimate of drug-likeness (QED) is 0.615. The SMILES string of the molecule is CCCCCOC1(CNC(C)C)CCC(C(C)C)CC1. The highest BCUT2D eigenvalue weighted by molar-refractivity contribution is 4.90. The second kappa shape index (κ2) is 9.04. The van der Waals surface area contributed by atoms with E-state index in [1.807, 2.05) is 0 Å².